The molecular formula is C22H25N3O2. The number of carbonyl (C=O) groups excluding carboxylic acids is 1. The molecule has 0 spiro atoms. The number of hydrogen-bond donors (Lipinski definition) is 1. The van der Waals surface area contributed by atoms with Crippen molar-refractivity contribution in [2.45, 2.75) is 38.3 Å². The highest BCUT2D eigenvalue weighted by atomic mass is 16.5. The molecule has 1 N–H and O–H groups in total. The van der Waals surface area contributed by atoms with Crippen LogP contribution in [0.3, 0.4) is 0 Å². The largest absolute Gasteiger partial charge is 0.376 e. The molecule has 1 aromatic heterocycles. The first-order chi connectivity index (χ1) is 13.3. The van der Waals surface area contributed by atoms with E-state index in [1.165, 1.54) is 5.56 Å². The molecule has 0 radical (unpaired) electrons. The fourth-order valence-electron chi connectivity index (χ4n) is 3.63. The van der Waals surface area contributed by atoms with E-state index in [9.17, 15) is 4.79 Å². The Kier molecular flexibility index (Phi) is 5.49. The lowest BCUT2D eigenvalue weighted by atomic mass is 10.1. The monoisotopic (exact) mass is 363 g/mol. The first-order valence-corrected chi connectivity index (χ1v) is 9.66. The zero-order chi connectivity index (χ0) is 18.5. The van der Waals surface area contributed by atoms with Crippen LogP contribution in [0.15, 0.2) is 54.6 Å². The zero-order valence-electron chi connectivity index (χ0n) is 15.4. The number of rotatable bonds is 7. The molecule has 0 aliphatic carbocycles. The number of nitrogens with zero attached hydrogens (tertiary/aromatic N) is 2. The maximum atomic E-state index is 12.5. The molecule has 1 unspecified atom stereocenters. The van der Waals surface area contributed by atoms with E-state index in [-0.39, 0.29) is 18.6 Å². The number of nitrogens with one attached hydrogen (secondary N) is 1. The highest BCUT2D eigenvalue weighted by Gasteiger charge is 2.18. The number of para-hydroxylation sites is 2. The standard InChI is InChI=1S/C22H25N3O2/c26-22(23-15-18-9-6-14-27-18)16-25-20-11-5-4-10-19(20)24-21(25)13-12-17-7-2-1-3-8-17/h1-5,7-8,10-11,18H,6,9,12-16H2,(H,23,26). The predicted octanol–water partition coefficient (Wildman–Crippen LogP) is 3.12. The Hall–Kier alpha value is -2.66. The van der Waals surface area contributed by atoms with Crippen LogP contribution in [-0.4, -0.2) is 34.7 Å². The maximum absolute atomic E-state index is 12.5. The van der Waals surface area contributed by atoms with Crippen molar-refractivity contribution < 1.29 is 9.53 Å². The van der Waals surface area contributed by atoms with Gasteiger partial charge in [0.05, 0.1) is 17.1 Å². The van der Waals surface area contributed by atoms with Gasteiger partial charge in [-0.25, -0.2) is 4.98 Å². The van der Waals surface area contributed by atoms with Gasteiger partial charge in [0.25, 0.3) is 0 Å². The second kappa shape index (κ2) is 8.35. The molecule has 1 atom stereocenters. The molecule has 5 heteroatoms. The fourth-order valence-corrected chi connectivity index (χ4v) is 3.63. The van der Waals surface area contributed by atoms with E-state index >= 15 is 0 Å². The van der Waals surface area contributed by atoms with Gasteiger partial charge >= 0.3 is 0 Å². The topological polar surface area (TPSA) is 56.2 Å². The van der Waals surface area contributed by atoms with Gasteiger partial charge in [-0.3, -0.25) is 4.79 Å². The molecule has 3 aromatic rings. The number of fused-ring (bicyclic) bond motifs is 1. The average molecular weight is 363 g/mol. The first kappa shape index (κ1) is 17.7. The van der Waals surface area contributed by atoms with Gasteiger partial charge in [0.15, 0.2) is 0 Å². The average Bonchev–Trinajstić information content (AvgIpc) is 3.34. The molecule has 1 amide bonds. The van der Waals surface area contributed by atoms with Gasteiger partial charge < -0.3 is 14.6 Å². The molecule has 1 aliphatic rings. The Morgan fingerprint density at radius 3 is 2.74 bits per heavy atom. The van der Waals surface area contributed by atoms with Crippen LogP contribution < -0.4 is 5.32 Å². The molecule has 140 valence electrons. The van der Waals surface area contributed by atoms with E-state index in [1.807, 2.05) is 34.9 Å². The summed E-state index contributed by atoms with van der Waals surface area (Å²) in [6.45, 7) is 1.68. The van der Waals surface area contributed by atoms with Crippen molar-refractivity contribution in [1.82, 2.24) is 14.9 Å². The second-order valence-electron chi connectivity index (χ2n) is 7.03. The van der Waals surface area contributed by atoms with Gasteiger partial charge in [0, 0.05) is 19.6 Å². The molecule has 1 fully saturated rings. The van der Waals surface area contributed by atoms with Crippen molar-refractivity contribution in [3.63, 3.8) is 0 Å². The number of imidazole rings is 1. The van der Waals surface area contributed by atoms with Crippen LogP contribution in [0, 0.1) is 0 Å². The Labute approximate surface area is 159 Å². The molecule has 27 heavy (non-hydrogen) atoms. The molecule has 4 rings (SSSR count). The minimum absolute atomic E-state index is 0.00890. The predicted molar refractivity (Wildman–Crippen MR) is 106 cm³/mol. The van der Waals surface area contributed by atoms with Crippen molar-refractivity contribution in [2.24, 2.45) is 0 Å². The minimum atomic E-state index is 0.00890. The van der Waals surface area contributed by atoms with Gasteiger partial charge in [-0.05, 0) is 37.0 Å². The SMILES string of the molecule is O=C(Cn1c(CCc2ccccc2)nc2ccccc21)NCC1CCCO1. The summed E-state index contributed by atoms with van der Waals surface area (Å²) in [7, 11) is 0. The van der Waals surface area contributed by atoms with Gasteiger partial charge in [-0.2, -0.15) is 0 Å². The van der Waals surface area contributed by atoms with Crippen molar-refractivity contribution in [1.29, 1.82) is 0 Å². The third-order valence-electron chi connectivity index (χ3n) is 5.07. The minimum Gasteiger partial charge on any atom is -0.376 e. The van der Waals surface area contributed by atoms with E-state index < -0.39 is 0 Å². The summed E-state index contributed by atoms with van der Waals surface area (Å²) in [6, 6.07) is 18.4. The Bertz CT molecular complexity index is 898. The summed E-state index contributed by atoms with van der Waals surface area (Å²) in [5.74, 6) is 0.960. The summed E-state index contributed by atoms with van der Waals surface area (Å²) in [4.78, 5) is 17.3. The maximum Gasteiger partial charge on any atom is 0.240 e. The third-order valence-corrected chi connectivity index (χ3v) is 5.07. The van der Waals surface area contributed by atoms with Gasteiger partial charge in [-0.15, -0.1) is 0 Å². The summed E-state index contributed by atoms with van der Waals surface area (Å²) in [5.41, 5.74) is 3.22. The van der Waals surface area contributed by atoms with E-state index in [4.69, 9.17) is 9.72 Å². The number of aryl methyl sites for hydroxylation is 2. The summed E-state index contributed by atoms with van der Waals surface area (Å²) >= 11 is 0. The molecular weight excluding hydrogens is 338 g/mol. The van der Waals surface area contributed by atoms with Crippen LogP contribution in [0.25, 0.3) is 11.0 Å². The molecule has 2 aromatic carbocycles. The number of benzene rings is 2. The van der Waals surface area contributed by atoms with Crippen molar-refractivity contribution in [3.05, 3.63) is 66.0 Å². The van der Waals surface area contributed by atoms with Gasteiger partial charge in [-0.1, -0.05) is 42.5 Å². The zero-order valence-corrected chi connectivity index (χ0v) is 15.4. The molecule has 1 aliphatic heterocycles. The lowest BCUT2D eigenvalue weighted by Crippen LogP contribution is -2.34. The van der Waals surface area contributed by atoms with Crippen LogP contribution in [0.5, 0.6) is 0 Å². The van der Waals surface area contributed by atoms with Crippen LogP contribution in [-0.2, 0) is 28.9 Å². The molecule has 2 heterocycles. The van der Waals surface area contributed by atoms with Crippen molar-refractivity contribution in [2.75, 3.05) is 13.2 Å². The molecule has 5 nitrogen and oxygen atoms in total. The number of carbonyl (C=O) groups is 1. The van der Waals surface area contributed by atoms with Crippen LogP contribution in [0.4, 0.5) is 0 Å². The van der Waals surface area contributed by atoms with E-state index in [0.29, 0.717) is 6.54 Å². The van der Waals surface area contributed by atoms with Crippen LogP contribution >= 0.6 is 0 Å². The van der Waals surface area contributed by atoms with Crippen molar-refractivity contribution in [3.8, 4) is 0 Å². The molecule has 1 saturated heterocycles. The summed E-state index contributed by atoms with van der Waals surface area (Å²) in [6.07, 6.45) is 3.97. The Morgan fingerprint density at radius 2 is 1.93 bits per heavy atom. The van der Waals surface area contributed by atoms with E-state index in [1.54, 1.807) is 0 Å². The lowest BCUT2D eigenvalue weighted by molar-refractivity contribution is -0.122. The van der Waals surface area contributed by atoms with Crippen molar-refractivity contribution >= 4 is 16.9 Å². The summed E-state index contributed by atoms with van der Waals surface area (Å²) < 4.78 is 7.63. The number of hydrogen-bond acceptors (Lipinski definition) is 3. The fraction of sp³-hybridized carbons (Fsp3) is 0.364. The first-order valence-electron chi connectivity index (χ1n) is 9.66. The lowest BCUT2D eigenvalue weighted by Gasteiger charge is -2.13. The quantitative estimate of drug-likeness (QED) is 0.702. The Morgan fingerprint density at radius 1 is 1.11 bits per heavy atom. The number of aromatic nitrogens is 2. The van der Waals surface area contributed by atoms with Gasteiger partial charge in [0.2, 0.25) is 5.91 Å². The highest BCUT2D eigenvalue weighted by molar-refractivity contribution is 5.81. The van der Waals surface area contributed by atoms with Crippen LogP contribution in [0.2, 0.25) is 0 Å². The highest BCUT2D eigenvalue weighted by Crippen LogP contribution is 2.18. The Balaban J connectivity index is 1.48. The third kappa shape index (κ3) is 4.37. The second-order valence-corrected chi connectivity index (χ2v) is 7.03. The smallest absolute Gasteiger partial charge is 0.240 e. The van der Waals surface area contributed by atoms with Crippen LogP contribution in [0.1, 0.15) is 24.2 Å². The number of amides is 1. The van der Waals surface area contributed by atoms with Gasteiger partial charge in [0.1, 0.15) is 12.4 Å². The van der Waals surface area contributed by atoms with E-state index in [0.717, 1.165) is 49.1 Å². The van der Waals surface area contributed by atoms with E-state index in [2.05, 4.69) is 29.6 Å². The normalized spacial score (nSPS) is 16.7. The number of ether oxygens (including phenoxy) is 1. The summed E-state index contributed by atoms with van der Waals surface area (Å²) in [5, 5.41) is 3.02. The molecule has 0 bridgehead atoms. The molecule has 0 saturated carbocycles.